The molecule has 0 saturated carbocycles. The number of hydrogen-bond donors (Lipinski definition) is 0. The number of hydrogen-bond acceptors (Lipinski definition) is 4. The highest BCUT2D eigenvalue weighted by molar-refractivity contribution is 5.77. The molecule has 0 aliphatic heterocycles. The van der Waals surface area contributed by atoms with Crippen LogP contribution < -0.4 is 0 Å². The molecule has 26 heavy (non-hydrogen) atoms. The Kier molecular flexibility index (Phi) is 4.52. The van der Waals surface area contributed by atoms with Crippen molar-refractivity contribution in [2.75, 3.05) is 7.05 Å². The van der Waals surface area contributed by atoms with Crippen molar-refractivity contribution in [1.82, 2.24) is 15.0 Å². The first-order chi connectivity index (χ1) is 12.7. The number of rotatable bonds is 5. The summed E-state index contributed by atoms with van der Waals surface area (Å²) >= 11 is 0. The second-order valence-corrected chi connectivity index (χ2v) is 6.80. The Balaban J connectivity index is 1.39. The summed E-state index contributed by atoms with van der Waals surface area (Å²) in [6.45, 7) is 0.422. The molecular weight excluding hydrogens is 326 g/mol. The number of carbonyl (C=O) groups is 1. The van der Waals surface area contributed by atoms with Gasteiger partial charge >= 0.3 is 0 Å². The Morgan fingerprint density at radius 2 is 2.04 bits per heavy atom. The van der Waals surface area contributed by atoms with E-state index < -0.39 is 0 Å². The van der Waals surface area contributed by atoms with Crippen LogP contribution in [0.3, 0.4) is 0 Å². The van der Waals surface area contributed by atoms with Gasteiger partial charge in [-0.25, -0.2) is 0 Å². The fraction of sp³-hybridized carbons (Fsp3) is 0.286. The Bertz CT molecular complexity index is 904. The predicted octanol–water partition coefficient (Wildman–Crippen LogP) is 3.82. The number of amides is 1. The van der Waals surface area contributed by atoms with Gasteiger partial charge in [0.25, 0.3) is 0 Å². The molecule has 0 fully saturated rings. The molecule has 5 nitrogen and oxygen atoms in total. The summed E-state index contributed by atoms with van der Waals surface area (Å²) in [5, 5.41) is 4.09. The summed E-state index contributed by atoms with van der Waals surface area (Å²) in [4.78, 5) is 18.4. The maximum Gasteiger partial charge on any atom is 0.223 e. The van der Waals surface area contributed by atoms with Gasteiger partial charge in [-0.15, -0.1) is 0 Å². The Hall–Kier alpha value is -2.95. The Morgan fingerprint density at radius 1 is 1.23 bits per heavy atom. The zero-order valence-corrected chi connectivity index (χ0v) is 14.8. The zero-order chi connectivity index (χ0) is 17.9. The van der Waals surface area contributed by atoms with Crippen molar-refractivity contribution in [1.29, 1.82) is 0 Å². The van der Waals surface area contributed by atoms with Gasteiger partial charge in [0.15, 0.2) is 5.76 Å². The van der Waals surface area contributed by atoms with Gasteiger partial charge in [-0.3, -0.25) is 9.78 Å². The molecule has 4 rings (SSSR count). The van der Waals surface area contributed by atoms with Gasteiger partial charge in [0.05, 0.1) is 6.54 Å². The summed E-state index contributed by atoms with van der Waals surface area (Å²) in [6, 6.07) is 14.1. The van der Waals surface area contributed by atoms with Crippen LogP contribution in [0.5, 0.6) is 0 Å². The number of benzene rings is 1. The molecule has 0 bridgehead atoms. The van der Waals surface area contributed by atoms with Crippen molar-refractivity contribution in [2.45, 2.75) is 31.7 Å². The summed E-state index contributed by atoms with van der Waals surface area (Å²) in [6.07, 6.45) is 6.10. The van der Waals surface area contributed by atoms with Gasteiger partial charge in [0.1, 0.15) is 5.69 Å². The van der Waals surface area contributed by atoms with Crippen molar-refractivity contribution < 1.29 is 9.32 Å². The van der Waals surface area contributed by atoms with E-state index in [0.717, 1.165) is 24.1 Å². The molecule has 2 heterocycles. The monoisotopic (exact) mass is 347 g/mol. The lowest BCUT2D eigenvalue weighted by Crippen LogP contribution is -2.27. The number of aromatic nitrogens is 2. The van der Waals surface area contributed by atoms with E-state index in [-0.39, 0.29) is 5.91 Å². The van der Waals surface area contributed by atoms with Crippen LogP contribution in [0.15, 0.2) is 59.4 Å². The molecule has 1 amide bonds. The first kappa shape index (κ1) is 16.5. The molecule has 0 radical (unpaired) electrons. The van der Waals surface area contributed by atoms with E-state index in [4.69, 9.17) is 4.52 Å². The number of fused-ring (bicyclic) bond motifs is 1. The van der Waals surface area contributed by atoms with E-state index in [9.17, 15) is 4.79 Å². The minimum Gasteiger partial charge on any atom is -0.359 e. The second kappa shape index (κ2) is 7.12. The van der Waals surface area contributed by atoms with Crippen molar-refractivity contribution in [3.05, 3.63) is 71.7 Å². The van der Waals surface area contributed by atoms with Crippen molar-refractivity contribution in [3.8, 4) is 11.3 Å². The summed E-state index contributed by atoms with van der Waals surface area (Å²) < 4.78 is 5.40. The molecule has 5 heteroatoms. The maximum atomic E-state index is 12.6. The van der Waals surface area contributed by atoms with Crippen molar-refractivity contribution in [3.63, 3.8) is 0 Å². The third kappa shape index (κ3) is 3.38. The largest absolute Gasteiger partial charge is 0.359 e. The minimum atomic E-state index is 0.133. The molecule has 0 spiro atoms. The fourth-order valence-electron chi connectivity index (χ4n) is 3.59. The van der Waals surface area contributed by atoms with Crippen LogP contribution in [0.2, 0.25) is 0 Å². The first-order valence-electron chi connectivity index (χ1n) is 8.88. The highest BCUT2D eigenvalue weighted by Crippen LogP contribution is 2.35. The van der Waals surface area contributed by atoms with Gasteiger partial charge in [-0.05, 0) is 42.0 Å². The average Bonchev–Trinajstić information content (AvgIpc) is 3.30. The number of carbonyl (C=O) groups excluding carboxylic acids is 1. The van der Waals surface area contributed by atoms with E-state index in [1.165, 1.54) is 11.1 Å². The molecule has 132 valence electrons. The van der Waals surface area contributed by atoms with E-state index in [1.807, 2.05) is 25.2 Å². The first-order valence-corrected chi connectivity index (χ1v) is 8.88. The molecule has 0 N–H and O–H groups in total. The van der Waals surface area contributed by atoms with Gasteiger partial charge in [0.2, 0.25) is 5.91 Å². The normalized spacial score (nSPS) is 15.7. The highest BCUT2D eigenvalue weighted by atomic mass is 16.5. The summed E-state index contributed by atoms with van der Waals surface area (Å²) in [7, 11) is 1.82. The topological polar surface area (TPSA) is 59.2 Å². The molecular formula is C21H21N3O2. The third-order valence-electron chi connectivity index (χ3n) is 5.03. The minimum absolute atomic E-state index is 0.133. The average molecular weight is 347 g/mol. The summed E-state index contributed by atoms with van der Waals surface area (Å²) in [5.74, 6) is 1.14. The van der Waals surface area contributed by atoms with Crippen LogP contribution >= 0.6 is 0 Å². The predicted molar refractivity (Wildman–Crippen MR) is 98.3 cm³/mol. The highest BCUT2D eigenvalue weighted by Gasteiger charge is 2.25. The van der Waals surface area contributed by atoms with Gasteiger partial charge in [-0.1, -0.05) is 29.4 Å². The number of pyridine rings is 1. The molecule has 2 aromatic heterocycles. The Labute approximate surface area is 152 Å². The lowest BCUT2D eigenvalue weighted by atomic mass is 9.97. The third-order valence-corrected chi connectivity index (χ3v) is 5.03. The molecule has 1 unspecified atom stereocenters. The quantitative estimate of drug-likeness (QED) is 0.704. The van der Waals surface area contributed by atoms with Crippen molar-refractivity contribution in [2.24, 2.45) is 0 Å². The smallest absolute Gasteiger partial charge is 0.223 e. The van der Waals surface area contributed by atoms with E-state index in [2.05, 4.69) is 34.4 Å². The van der Waals surface area contributed by atoms with Crippen LogP contribution in [0.1, 0.15) is 35.6 Å². The molecule has 0 saturated heterocycles. The molecule has 1 aromatic carbocycles. The lowest BCUT2D eigenvalue weighted by Gasteiger charge is -2.18. The molecule has 1 aliphatic rings. The zero-order valence-electron chi connectivity index (χ0n) is 14.8. The van der Waals surface area contributed by atoms with Crippen LogP contribution in [0.25, 0.3) is 11.3 Å². The van der Waals surface area contributed by atoms with Crippen LogP contribution in [0.4, 0.5) is 0 Å². The van der Waals surface area contributed by atoms with Crippen LogP contribution in [-0.2, 0) is 17.8 Å². The molecule has 1 atom stereocenters. The van der Waals surface area contributed by atoms with E-state index in [0.29, 0.717) is 24.6 Å². The SMILES string of the molecule is CN(Cc1cc(-c2ccncc2)no1)C(=O)CC1CCc2ccccc21. The number of aryl methyl sites for hydroxylation is 1. The Morgan fingerprint density at radius 3 is 2.88 bits per heavy atom. The van der Waals surface area contributed by atoms with Gasteiger partial charge < -0.3 is 9.42 Å². The standard InChI is InChI=1S/C21H21N3O2/c1-24(14-18-13-20(23-26-18)16-8-10-22-11-9-16)21(25)12-17-7-6-15-4-2-3-5-19(15)17/h2-5,8-11,13,17H,6-7,12,14H2,1H3. The van der Waals surface area contributed by atoms with E-state index >= 15 is 0 Å². The van der Waals surface area contributed by atoms with E-state index in [1.54, 1.807) is 17.3 Å². The van der Waals surface area contributed by atoms with Gasteiger partial charge in [0, 0.05) is 37.5 Å². The lowest BCUT2D eigenvalue weighted by molar-refractivity contribution is -0.131. The van der Waals surface area contributed by atoms with Crippen molar-refractivity contribution >= 4 is 5.91 Å². The molecule has 1 aliphatic carbocycles. The van der Waals surface area contributed by atoms with Crippen LogP contribution in [-0.4, -0.2) is 28.0 Å². The molecule has 3 aromatic rings. The second-order valence-electron chi connectivity index (χ2n) is 6.80. The summed E-state index contributed by atoms with van der Waals surface area (Å²) in [5.41, 5.74) is 4.42. The fourth-order valence-corrected chi connectivity index (χ4v) is 3.59. The number of nitrogens with zero attached hydrogens (tertiary/aromatic N) is 3. The maximum absolute atomic E-state index is 12.6. The van der Waals surface area contributed by atoms with Gasteiger partial charge in [-0.2, -0.15) is 0 Å². The van der Waals surface area contributed by atoms with Crippen LogP contribution in [0, 0.1) is 0 Å².